The van der Waals surface area contributed by atoms with E-state index >= 15 is 0 Å². The number of para-hydroxylation sites is 1. The second-order valence-corrected chi connectivity index (χ2v) is 4.11. The third-order valence-corrected chi connectivity index (χ3v) is 2.65. The number of nitro groups is 1. The van der Waals surface area contributed by atoms with Gasteiger partial charge in [-0.05, 0) is 30.7 Å². The Hall–Kier alpha value is -2.76. The van der Waals surface area contributed by atoms with Crippen molar-refractivity contribution in [2.45, 2.75) is 6.92 Å². The number of hydrogen-bond acceptors (Lipinski definition) is 4. The molecule has 0 bridgehead atoms. The summed E-state index contributed by atoms with van der Waals surface area (Å²) in [5.74, 6) is -1.19. The highest BCUT2D eigenvalue weighted by molar-refractivity contribution is 5.79. The second kappa shape index (κ2) is 5.48. The topological polar surface area (TPSA) is 69.4 Å². The summed E-state index contributed by atoms with van der Waals surface area (Å²) in [5.41, 5.74) is 0.408. The highest BCUT2D eigenvalue weighted by atomic mass is 19.1. The number of carbonyl (C=O) groups excluding carboxylic acids is 1. The smallest absolute Gasteiger partial charge is 0.311 e. The van der Waals surface area contributed by atoms with Crippen molar-refractivity contribution in [2.75, 3.05) is 0 Å². The van der Waals surface area contributed by atoms with Crippen molar-refractivity contribution in [2.24, 2.45) is 0 Å². The zero-order valence-electron chi connectivity index (χ0n) is 10.5. The van der Waals surface area contributed by atoms with E-state index in [-0.39, 0.29) is 22.7 Å². The molecule has 0 saturated heterocycles. The zero-order valence-corrected chi connectivity index (χ0v) is 10.5. The number of aldehydes is 1. The van der Waals surface area contributed by atoms with E-state index < -0.39 is 10.7 Å². The molecule has 2 aromatic rings. The number of nitro benzene ring substituents is 1. The maximum atomic E-state index is 13.7. The lowest BCUT2D eigenvalue weighted by atomic mass is 10.2. The molecular formula is C14H10FNO4. The SMILES string of the molecule is Cc1ccc([N+](=O)[O-])c(Oc2c(F)cccc2C=O)c1. The predicted molar refractivity (Wildman–Crippen MR) is 69.7 cm³/mol. The van der Waals surface area contributed by atoms with Gasteiger partial charge >= 0.3 is 5.69 Å². The predicted octanol–water partition coefficient (Wildman–Crippen LogP) is 3.65. The van der Waals surface area contributed by atoms with Crippen LogP contribution in [0.15, 0.2) is 36.4 Å². The van der Waals surface area contributed by atoms with Crippen molar-refractivity contribution >= 4 is 12.0 Å². The van der Waals surface area contributed by atoms with Crippen molar-refractivity contribution in [1.29, 1.82) is 0 Å². The minimum absolute atomic E-state index is 0.0131. The first-order valence-corrected chi connectivity index (χ1v) is 5.69. The molecule has 0 fully saturated rings. The van der Waals surface area contributed by atoms with Gasteiger partial charge in [0.25, 0.3) is 0 Å². The molecule has 0 radical (unpaired) electrons. The lowest BCUT2D eigenvalue weighted by Crippen LogP contribution is -1.98. The molecule has 0 saturated carbocycles. The summed E-state index contributed by atoms with van der Waals surface area (Å²) < 4.78 is 19.0. The molecule has 0 aromatic heterocycles. The summed E-state index contributed by atoms with van der Waals surface area (Å²) >= 11 is 0. The van der Waals surface area contributed by atoms with Crippen molar-refractivity contribution in [3.05, 3.63) is 63.5 Å². The van der Waals surface area contributed by atoms with Gasteiger partial charge in [0, 0.05) is 6.07 Å². The van der Waals surface area contributed by atoms with Crippen LogP contribution >= 0.6 is 0 Å². The van der Waals surface area contributed by atoms with Crippen LogP contribution in [0.25, 0.3) is 0 Å². The fraction of sp³-hybridized carbons (Fsp3) is 0.0714. The first-order valence-electron chi connectivity index (χ1n) is 5.69. The maximum absolute atomic E-state index is 13.7. The normalized spacial score (nSPS) is 10.1. The Labute approximate surface area is 113 Å². The molecule has 0 heterocycles. The Balaban J connectivity index is 2.52. The Kier molecular flexibility index (Phi) is 3.74. The molecule has 0 aliphatic carbocycles. The van der Waals surface area contributed by atoms with Crippen LogP contribution in [-0.4, -0.2) is 11.2 Å². The lowest BCUT2D eigenvalue weighted by Gasteiger charge is -2.09. The Bertz CT molecular complexity index is 685. The van der Waals surface area contributed by atoms with E-state index in [9.17, 15) is 19.3 Å². The zero-order chi connectivity index (χ0) is 14.7. The van der Waals surface area contributed by atoms with Gasteiger partial charge in [0.15, 0.2) is 17.9 Å². The van der Waals surface area contributed by atoms with E-state index in [1.54, 1.807) is 13.0 Å². The van der Waals surface area contributed by atoms with Gasteiger partial charge in [-0.2, -0.15) is 0 Å². The minimum atomic E-state index is -0.759. The molecule has 0 unspecified atom stereocenters. The minimum Gasteiger partial charge on any atom is -0.446 e. The van der Waals surface area contributed by atoms with Crippen LogP contribution in [-0.2, 0) is 0 Å². The van der Waals surface area contributed by atoms with Gasteiger partial charge in [-0.15, -0.1) is 0 Å². The standard InChI is InChI=1S/C14H10FNO4/c1-9-5-6-12(16(18)19)13(7-9)20-14-10(8-17)3-2-4-11(14)15/h2-8H,1H3. The van der Waals surface area contributed by atoms with Crippen LogP contribution in [0.4, 0.5) is 10.1 Å². The number of ether oxygens (including phenoxy) is 1. The molecule has 2 aromatic carbocycles. The van der Waals surface area contributed by atoms with Crippen LogP contribution in [0, 0.1) is 22.9 Å². The van der Waals surface area contributed by atoms with Crippen LogP contribution in [0.5, 0.6) is 11.5 Å². The molecule has 5 nitrogen and oxygen atoms in total. The average molecular weight is 275 g/mol. The summed E-state index contributed by atoms with van der Waals surface area (Å²) in [6.45, 7) is 1.72. The number of aryl methyl sites for hydroxylation is 1. The molecule has 0 amide bonds. The third kappa shape index (κ3) is 2.64. The van der Waals surface area contributed by atoms with Gasteiger partial charge in [0.2, 0.25) is 5.75 Å². The van der Waals surface area contributed by atoms with Gasteiger partial charge in [-0.3, -0.25) is 14.9 Å². The Morgan fingerprint density at radius 1 is 1.30 bits per heavy atom. The highest BCUT2D eigenvalue weighted by Gasteiger charge is 2.19. The van der Waals surface area contributed by atoms with Gasteiger partial charge in [0.1, 0.15) is 0 Å². The number of carbonyl (C=O) groups is 1. The van der Waals surface area contributed by atoms with Gasteiger partial charge in [0.05, 0.1) is 10.5 Å². The van der Waals surface area contributed by atoms with Gasteiger partial charge < -0.3 is 4.74 Å². The fourth-order valence-electron chi connectivity index (χ4n) is 1.69. The van der Waals surface area contributed by atoms with Crippen LogP contribution in [0.2, 0.25) is 0 Å². The van der Waals surface area contributed by atoms with Crippen LogP contribution in [0.1, 0.15) is 15.9 Å². The van der Waals surface area contributed by atoms with Crippen LogP contribution < -0.4 is 4.74 Å². The summed E-state index contributed by atoms with van der Waals surface area (Å²) in [4.78, 5) is 21.2. The number of rotatable bonds is 4. The number of nitrogens with zero attached hydrogens (tertiary/aromatic N) is 1. The van der Waals surface area contributed by atoms with E-state index in [1.165, 1.54) is 24.3 Å². The molecule has 0 atom stereocenters. The molecule has 2 rings (SSSR count). The summed E-state index contributed by atoms with van der Waals surface area (Å²) in [6.07, 6.45) is 0.431. The van der Waals surface area contributed by atoms with E-state index in [0.29, 0.717) is 6.29 Å². The molecular weight excluding hydrogens is 265 g/mol. The highest BCUT2D eigenvalue weighted by Crippen LogP contribution is 2.34. The molecule has 0 aliphatic rings. The van der Waals surface area contributed by atoms with Crippen molar-refractivity contribution < 1.29 is 18.8 Å². The van der Waals surface area contributed by atoms with Crippen molar-refractivity contribution in [3.63, 3.8) is 0 Å². The lowest BCUT2D eigenvalue weighted by molar-refractivity contribution is -0.385. The maximum Gasteiger partial charge on any atom is 0.311 e. The van der Waals surface area contributed by atoms with Crippen molar-refractivity contribution in [3.8, 4) is 11.5 Å². The summed E-state index contributed by atoms with van der Waals surface area (Å²) in [7, 11) is 0. The first kappa shape index (κ1) is 13.7. The summed E-state index contributed by atoms with van der Waals surface area (Å²) in [6, 6.07) is 8.08. The van der Waals surface area contributed by atoms with Crippen LogP contribution in [0.3, 0.4) is 0 Å². The van der Waals surface area contributed by atoms with E-state index in [1.807, 2.05) is 0 Å². The molecule has 20 heavy (non-hydrogen) atoms. The summed E-state index contributed by atoms with van der Waals surface area (Å²) in [5, 5.41) is 10.9. The average Bonchev–Trinajstić information content (AvgIpc) is 2.40. The van der Waals surface area contributed by atoms with E-state index in [4.69, 9.17) is 4.74 Å². The van der Waals surface area contributed by atoms with E-state index in [2.05, 4.69) is 0 Å². The number of benzene rings is 2. The monoisotopic (exact) mass is 275 g/mol. The molecule has 0 aliphatic heterocycles. The first-order chi connectivity index (χ1) is 9.52. The largest absolute Gasteiger partial charge is 0.446 e. The van der Waals surface area contributed by atoms with Crippen molar-refractivity contribution in [1.82, 2.24) is 0 Å². The number of halogens is 1. The second-order valence-electron chi connectivity index (χ2n) is 4.11. The third-order valence-electron chi connectivity index (χ3n) is 2.65. The van der Waals surface area contributed by atoms with Gasteiger partial charge in [-0.1, -0.05) is 12.1 Å². The molecule has 6 heteroatoms. The molecule has 0 spiro atoms. The molecule has 0 N–H and O–H groups in total. The van der Waals surface area contributed by atoms with Gasteiger partial charge in [-0.25, -0.2) is 4.39 Å². The Morgan fingerprint density at radius 2 is 2.05 bits per heavy atom. The Morgan fingerprint density at radius 3 is 2.70 bits per heavy atom. The molecule has 102 valence electrons. The fourth-order valence-corrected chi connectivity index (χ4v) is 1.69. The quantitative estimate of drug-likeness (QED) is 0.485. The van der Waals surface area contributed by atoms with E-state index in [0.717, 1.165) is 11.6 Å². The number of hydrogen-bond donors (Lipinski definition) is 0.